The molecule has 2 aromatic carbocycles. The molecule has 1 aliphatic rings. The molecule has 0 radical (unpaired) electrons. The highest BCUT2D eigenvalue weighted by Gasteiger charge is 2.21. The van der Waals surface area contributed by atoms with Gasteiger partial charge in [-0.2, -0.15) is 0 Å². The number of fused-ring (bicyclic) bond motifs is 2. The zero-order chi connectivity index (χ0) is 22.1. The van der Waals surface area contributed by atoms with Gasteiger partial charge in [-0.1, -0.05) is 48.6 Å². The minimum Gasteiger partial charge on any atom is -0.356 e. The smallest absolute Gasteiger partial charge is 0.227 e. The summed E-state index contributed by atoms with van der Waals surface area (Å²) in [5.41, 5.74) is 3.49. The van der Waals surface area contributed by atoms with Gasteiger partial charge in [-0.25, -0.2) is 0 Å². The van der Waals surface area contributed by atoms with Crippen LogP contribution in [0.25, 0.3) is 0 Å². The van der Waals surface area contributed by atoms with E-state index in [1.54, 1.807) is 11.8 Å². The predicted octanol–water partition coefficient (Wildman–Crippen LogP) is 3.98. The summed E-state index contributed by atoms with van der Waals surface area (Å²) in [5, 5.41) is 2.87. The molecule has 0 bridgehead atoms. The molecule has 5 nitrogen and oxygen atoms in total. The molecule has 1 heterocycles. The largest absolute Gasteiger partial charge is 0.356 e. The minimum absolute atomic E-state index is 0.0949. The van der Waals surface area contributed by atoms with E-state index in [1.165, 1.54) is 0 Å². The molecule has 0 fully saturated rings. The molecule has 3 rings (SSSR count). The third-order valence-electron chi connectivity index (χ3n) is 5.27. The monoisotopic (exact) mass is 416 g/mol. The number of para-hydroxylation sites is 1. The number of carbonyl (C=O) groups is 3. The number of rotatable bonds is 9. The number of Topliss-reactive ketones (excluding diaryl/α,β-unsaturated/α-hetero) is 1. The maximum absolute atomic E-state index is 13.1. The van der Waals surface area contributed by atoms with Crippen molar-refractivity contribution in [1.82, 2.24) is 5.32 Å². The second-order valence-electron chi connectivity index (χ2n) is 7.77. The quantitative estimate of drug-likeness (QED) is 0.497. The molecule has 0 saturated carbocycles. The average Bonchev–Trinajstić information content (AvgIpc) is 2.76. The summed E-state index contributed by atoms with van der Waals surface area (Å²) in [6.45, 7) is 2.59. The van der Waals surface area contributed by atoms with Crippen molar-refractivity contribution in [2.45, 2.75) is 52.0 Å². The molecule has 2 amide bonds. The third kappa shape index (κ3) is 6.55. The highest BCUT2D eigenvalue weighted by molar-refractivity contribution is 5.96. The molecular weight excluding hydrogens is 388 g/mol. The van der Waals surface area contributed by atoms with Crippen LogP contribution in [0.5, 0.6) is 0 Å². The Morgan fingerprint density at radius 3 is 2.39 bits per heavy atom. The van der Waals surface area contributed by atoms with Crippen LogP contribution in [0.2, 0.25) is 0 Å². The fourth-order valence-corrected chi connectivity index (χ4v) is 3.55. The number of ketones is 1. The summed E-state index contributed by atoms with van der Waals surface area (Å²) < 4.78 is 0. The Kier molecular flexibility index (Phi) is 8.00. The molecule has 1 N–H and O–H groups in total. The minimum atomic E-state index is -0.125. The normalized spacial score (nSPS) is 11.8. The van der Waals surface area contributed by atoms with E-state index < -0.39 is 0 Å². The molecule has 1 aliphatic heterocycles. The van der Waals surface area contributed by atoms with Crippen molar-refractivity contribution >= 4 is 23.3 Å². The topological polar surface area (TPSA) is 66.5 Å². The van der Waals surface area contributed by atoms with Gasteiger partial charge in [0.05, 0.1) is 12.2 Å². The van der Waals surface area contributed by atoms with E-state index >= 15 is 0 Å². The van der Waals surface area contributed by atoms with Crippen LogP contribution in [0.3, 0.4) is 0 Å². The lowest BCUT2D eigenvalue weighted by molar-refractivity contribution is -0.125. The van der Waals surface area contributed by atoms with E-state index in [0.717, 1.165) is 41.6 Å². The summed E-state index contributed by atoms with van der Waals surface area (Å²) >= 11 is 0. The number of amides is 2. The van der Waals surface area contributed by atoms with E-state index in [-0.39, 0.29) is 30.4 Å². The fraction of sp³-hybridized carbons (Fsp3) is 0.346. The number of unbranched alkanes of at least 4 members (excludes halogenated alkanes) is 2. The van der Waals surface area contributed by atoms with E-state index in [0.29, 0.717) is 19.5 Å². The van der Waals surface area contributed by atoms with Gasteiger partial charge < -0.3 is 15.0 Å². The van der Waals surface area contributed by atoms with Crippen LogP contribution >= 0.6 is 0 Å². The van der Waals surface area contributed by atoms with Crippen molar-refractivity contribution in [1.29, 1.82) is 0 Å². The molecule has 0 aromatic heterocycles. The molecule has 0 spiro atoms. The van der Waals surface area contributed by atoms with Crippen LogP contribution in [0.1, 0.15) is 62.1 Å². The van der Waals surface area contributed by atoms with E-state index in [2.05, 4.69) is 17.2 Å². The second-order valence-corrected chi connectivity index (χ2v) is 7.77. The maximum atomic E-state index is 13.1. The first-order chi connectivity index (χ1) is 15.0. The summed E-state index contributed by atoms with van der Waals surface area (Å²) in [5.74, 6) is 6.36. The summed E-state index contributed by atoms with van der Waals surface area (Å²) in [7, 11) is 0. The van der Waals surface area contributed by atoms with Gasteiger partial charge in [0.2, 0.25) is 11.8 Å². The van der Waals surface area contributed by atoms with Gasteiger partial charge in [-0.05, 0) is 43.5 Å². The van der Waals surface area contributed by atoms with Crippen molar-refractivity contribution in [2.24, 2.45) is 0 Å². The van der Waals surface area contributed by atoms with Gasteiger partial charge in [-0.3, -0.25) is 9.59 Å². The number of nitrogens with zero attached hydrogens (tertiary/aromatic N) is 1. The Morgan fingerprint density at radius 2 is 1.58 bits per heavy atom. The van der Waals surface area contributed by atoms with Gasteiger partial charge in [0, 0.05) is 36.9 Å². The first kappa shape index (κ1) is 22.3. The van der Waals surface area contributed by atoms with Crippen LogP contribution in [-0.2, 0) is 20.9 Å². The third-order valence-corrected chi connectivity index (χ3v) is 5.27. The van der Waals surface area contributed by atoms with Gasteiger partial charge in [-0.15, -0.1) is 0 Å². The Labute approximate surface area is 183 Å². The molecular formula is C26H28N2O3. The summed E-state index contributed by atoms with van der Waals surface area (Å²) in [6, 6.07) is 15.4. The van der Waals surface area contributed by atoms with Crippen molar-refractivity contribution in [2.75, 3.05) is 11.4 Å². The summed E-state index contributed by atoms with van der Waals surface area (Å²) in [4.78, 5) is 37.9. The molecule has 0 saturated heterocycles. The first-order valence-electron chi connectivity index (χ1n) is 10.8. The number of anilines is 1. The van der Waals surface area contributed by atoms with Crippen molar-refractivity contribution in [3.63, 3.8) is 0 Å². The van der Waals surface area contributed by atoms with Crippen LogP contribution < -0.4 is 10.2 Å². The highest BCUT2D eigenvalue weighted by Crippen LogP contribution is 2.26. The van der Waals surface area contributed by atoms with Gasteiger partial charge in [0.25, 0.3) is 0 Å². The standard InChI is InChI=1S/C26H28N2O3/c1-20(29)9-3-2-8-18-27-25(30)16-17-26(31)28-19-23-12-5-4-10-21(23)14-15-22-11-6-7-13-24(22)28/h4-7,10-13H,2-3,8-9,16-19H2,1H3,(H,27,30). The lowest BCUT2D eigenvalue weighted by Crippen LogP contribution is -2.33. The Bertz CT molecular complexity index is 1020. The number of hydrogen-bond acceptors (Lipinski definition) is 3. The summed E-state index contributed by atoms with van der Waals surface area (Å²) in [6.07, 6.45) is 3.47. The first-order valence-corrected chi connectivity index (χ1v) is 10.8. The van der Waals surface area contributed by atoms with Gasteiger partial charge in [0.1, 0.15) is 5.78 Å². The zero-order valence-corrected chi connectivity index (χ0v) is 17.9. The van der Waals surface area contributed by atoms with Gasteiger partial charge in [0.15, 0.2) is 0 Å². The second kappa shape index (κ2) is 11.1. The van der Waals surface area contributed by atoms with Crippen LogP contribution in [-0.4, -0.2) is 24.1 Å². The molecule has 31 heavy (non-hydrogen) atoms. The molecule has 0 atom stereocenters. The maximum Gasteiger partial charge on any atom is 0.227 e. The highest BCUT2D eigenvalue weighted by atomic mass is 16.2. The lowest BCUT2D eigenvalue weighted by atomic mass is 10.0. The molecule has 160 valence electrons. The van der Waals surface area contributed by atoms with Crippen LogP contribution in [0, 0.1) is 11.8 Å². The van der Waals surface area contributed by atoms with E-state index in [4.69, 9.17) is 0 Å². The van der Waals surface area contributed by atoms with E-state index in [9.17, 15) is 14.4 Å². The molecule has 5 heteroatoms. The number of benzene rings is 2. The van der Waals surface area contributed by atoms with Crippen molar-refractivity contribution < 1.29 is 14.4 Å². The molecule has 0 aliphatic carbocycles. The Morgan fingerprint density at radius 1 is 0.871 bits per heavy atom. The predicted molar refractivity (Wildman–Crippen MR) is 121 cm³/mol. The van der Waals surface area contributed by atoms with Crippen molar-refractivity contribution in [3.05, 3.63) is 65.2 Å². The molecule has 2 aromatic rings. The number of hydrogen-bond donors (Lipinski definition) is 1. The Hall–Kier alpha value is -3.39. The zero-order valence-electron chi connectivity index (χ0n) is 17.9. The SMILES string of the molecule is CC(=O)CCCCCNC(=O)CCC(=O)N1Cc2ccccc2C#Cc2ccccc21. The van der Waals surface area contributed by atoms with Crippen molar-refractivity contribution in [3.8, 4) is 11.8 Å². The lowest BCUT2D eigenvalue weighted by Gasteiger charge is -2.26. The average molecular weight is 417 g/mol. The van der Waals surface area contributed by atoms with Crippen LogP contribution in [0.15, 0.2) is 48.5 Å². The van der Waals surface area contributed by atoms with Crippen LogP contribution in [0.4, 0.5) is 5.69 Å². The molecule has 0 unspecified atom stereocenters. The fourth-order valence-electron chi connectivity index (χ4n) is 3.55. The number of nitrogens with one attached hydrogen (secondary N) is 1. The van der Waals surface area contributed by atoms with Gasteiger partial charge >= 0.3 is 0 Å². The Balaban J connectivity index is 1.58. The number of carbonyl (C=O) groups excluding carboxylic acids is 3. The van der Waals surface area contributed by atoms with E-state index in [1.807, 2.05) is 48.5 Å².